The van der Waals surface area contributed by atoms with Crippen molar-refractivity contribution in [2.45, 2.75) is 58.2 Å². The van der Waals surface area contributed by atoms with Gasteiger partial charge in [0, 0.05) is 16.4 Å². The molecule has 0 spiro atoms. The van der Waals surface area contributed by atoms with Crippen molar-refractivity contribution in [3.8, 4) is 0 Å². The number of aliphatic hydroxyl groups is 2. The summed E-state index contributed by atoms with van der Waals surface area (Å²) in [6.45, 7) is 10.4. The Morgan fingerprint density at radius 3 is 2.67 bits per heavy atom. The number of allylic oxidation sites excluding steroid dienone is 3. The molecule has 24 heavy (non-hydrogen) atoms. The fourth-order valence-electron chi connectivity index (χ4n) is 5.46. The van der Waals surface area contributed by atoms with Gasteiger partial charge in [-0.3, -0.25) is 4.79 Å². The molecule has 0 radical (unpaired) electrons. The Balaban J connectivity index is 2.02. The first kappa shape index (κ1) is 16.1. The van der Waals surface area contributed by atoms with Crippen LogP contribution in [0.4, 0.5) is 0 Å². The fourth-order valence-corrected chi connectivity index (χ4v) is 5.46. The maximum atomic E-state index is 13.1. The van der Waals surface area contributed by atoms with E-state index in [1.165, 1.54) is 0 Å². The van der Waals surface area contributed by atoms with Crippen molar-refractivity contribution >= 4 is 5.78 Å². The van der Waals surface area contributed by atoms with E-state index in [0.717, 1.165) is 12.0 Å². The van der Waals surface area contributed by atoms with Crippen molar-refractivity contribution in [2.24, 2.45) is 16.2 Å². The highest BCUT2D eigenvalue weighted by molar-refractivity contribution is 6.11. The van der Waals surface area contributed by atoms with Crippen LogP contribution in [0.2, 0.25) is 0 Å². The fraction of sp³-hybridized carbons (Fsp3) is 0.650. The van der Waals surface area contributed by atoms with E-state index in [9.17, 15) is 15.0 Å². The van der Waals surface area contributed by atoms with E-state index in [1.54, 1.807) is 0 Å². The Hall–Kier alpha value is -1.39. The van der Waals surface area contributed by atoms with Crippen molar-refractivity contribution in [1.82, 2.24) is 0 Å². The van der Waals surface area contributed by atoms with Gasteiger partial charge in [0.15, 0.2) is 5.76 Å². The second-order valence-electron chi connectivity index (χ2n) is 8.77. The van der Waals surface area contributed by atoms with E-state index in [0.29, 0.717) is 37.2 Å². The van der Waals surface area contributed by atoms with Crippen molar-refractivity contribution < 1.29 is 19.7 Å². The minimum atomic E-state index is -1.35. The van der Waals surface area contributed by atoms with Crippen molar-refractivity contribution in [3.05, 3.63) is 35.6 Å². The van der Waals surface area contributed by atoms with E-state index >= 15 is 0 Å². The molecule has 0 saturated heterocycles. The zero-order chi connectivity index (χ0) is 17.5. The summed E-state index contributed by atoms with van der Waals surface area (Å²) in [5.74, 6) is 0.151. The monoisotopic (exact) mass is 330 g/mol. The Bertz CT molecular complexity index is 719. The second kappa shape index (κ2) is 4.41. The topological polar surface area (TPSA) is 66.8 Å². The van der Waals surface area contributed by atoms with Crippen LogP contribution in [0.5, 0.6) is 0 Å². The van der Waals surface area contributed by atoms with Crippen molar-refractivity contribution in [3.63, 3.8) is 0 Å². The van der Waals surface area contributed by atoms with Crippen LogP contribution in [0.15, 0.2) is 35.6 Å². The van der Waals surface area contributed by atoms with Gasteiger partial charge in [-0.2, -0.15) is 0 Å². The lowest BCUT2D eigenvalue weighted by Gasteiger charge is -2.59. The molecule has 0 amide bonds. The zero-order valence-corrected chi connectivity index (χ0v) is 14.7. The van der Waals surface area contributed by atoms with Crippen molar-refractivity contribution in [1.29, 1.82) is 0 Å². The van der Waals surface area contributed by atoms with Gasteiger partial charge in [0.05, 0.1) is 18.1 Å². The van der Waals surface area contributed by atoms with E-state index < -0.39 is 17.1 Å². The number of rotatable bonds is 1. The average molecular weight is 330 g/mol. The maximum Gasteiger partial charge on any atom is 0.226 e. The summed E-state index contributed by atoms with van der Waals surface area (Å²) in [5.41, 5.74) is -1.62. The van der Waals surface area contributed by atoms with Gasteiger partial charge in [-0.25, -0.2) is 0 Å². The molecular formula is C20H26O4. The SMILES string of the molecule is C=CC1(C)C=C2C(=O)C3=C4C(C)(CCC(O)C4(C)C2(O)CC1)CO3. The number of fused-ring (bicyclic) bond motifs is 2. The number of ether oxygens (including phenoxy) is 1. The van der Waals surface area contributed by atoms with Gasteiger partial charge >= 0.3 is 0 Å². The highest BCUT2D eigenvalue weighted by Crippen LogP contribution is 2.66. The standard InChI is InChI=1S/C20H26O4/c1-5-17(2)8-9-20(23)12(10-17)14(22)15-16-18(3,11-24-15)7-6-13(21)19(16,20)4/h5,10,13,21,23H,1,6-9,11H2,2-4H3. The molecule has 4 aliphatic rings. The van der Waals surface area contributed by atoms with Crippen LogP contribution in [-0.2, 0) is 9.53 Å². The van der Waals surface area contributed by atoms with Gasteiger partial charge in [0.1, 0.15) is 5.60 Å². The van der Waals surface area contributed by atoms with Crippen LogP contribution >= 0.6 is 0 Å². The lowest BCUT2D eigenvalue weighted by atomic mass is 9.46. The lowest BCUT2D eigenvalue weighted by Crippen LogP contribution is -2.64. The summed E-state index contributed by atoms with van der Waals surface area (Å²) in [6.07, 6.45) is 5.51. The largest absolute Gasteiger partial charge is 0.489 e. The summed E-state index contributed by atoms with van der Waals surface area (Å²) in [6, 6.07) is 0. The molecule has 2 N–H and O–H groups in total. The Morgan fingerprint density at radius 2 is 2.00 bits per heavy atom. The molecule has 130 valence electrons. The predicted molar refractivity (Wildman–Crippen MR) is 90.0 cm³/mol. The first-order valence-corrected chi connectivity index (χ1v) is 8.81. The van der Waals surface area contributed by atoms with Crippen LogP contribution in [0.3, 0.4) is 0 Å². The summed E-state index contributed by atoms with van der Waals surface area (Å²) in [4.78, 5) is 13.1. The normalized spacial score (nSPS) is 50.0. The molecule has 4 nitrogen and oxygen atoms in total. The first-order chi connectivity index (χ1) is 11.1. The first-order valence-electron chi connectivity index (χ1n) is 8.81. The minimum absolute atomic E-state index is 0.212. The number of ketones is 1. The second-order valence-corrected chi connectivity index (χ2v) is 8.77. The van der Waals surface area contributed by atoms with Crippen LogP contribution in [0, 0.1) is 16.2 Å². The number of Topliss-reactive ketones (excluding diaryl/α,β-unsaturated/α-hetero) is 1. The van der Waals surface area contributed by atoms with Gasteiger partial charge in [0.2, 0.25) is 5.78 Å². The highest BCUT2D eigenvalue weighted by Gasteiger charge is 2.69. The summed E-state index contributed by atoms with van der Waals surface area (Å²) < 4.78 is 5.84. The molecule has 1 heterocycles. The van der Waals surface area contributed by atoms with Gasteiger partial charge < -0.3 is 14.9 Å². The van der Waals surface area contributed by atoms with E-state index in [-0.39, 0.29) is 16.6 Å². The Morgan fingerprint density at radius 1 is 1.29 bits per heavy atom. The minimum Gasteiger partial charge on any atom is -0.489 e. The number of carbonyl (C=O) groups is 1. The van der Waals surface area contributed by atoms with E-state index in [2.05, 4.69) is 13.5 Å². The number of hydrogen-bond acceptors (Lipinski definition) is 4. The van der Waals surface area contributed by atoms with Gasteiger partial charge in [-0.05, 0) is 31.3 Å². The van der Waals surface area contributed by atoms with Crippen LogP contribution in [0.25, 0.3) is 0 Å². The van der Waals surface area contributed by atoms with Gasteiger partial charge in [-0.1, -0.05) is 32.9 Å². The molecule has 3 aliphatic carbocycles. The third kappa shape index (κ3) is 1.59. The molecule has 0 bridgehead atoms. The highest BCUT2D eigenvalue weighted by atomic mass is 16.5. The average Bonchev–Trinajstić information content (AvgIpc) is 2.91. The smallest absolute Gasteiger partial charge is 0.226 e. The molecule has 1 fully saturated rings. The molecule has 1 saturated carbocycles. The van der Waals surface area contributed by atoms with Gasteiger partial charge in [-0.15, -0.1) is 6.58 Å². The number of aliphatic hydroxyl groups excluding tert-OH is 1. The van der Waals surface area contributed by atoms with E-state index in [4.69, 9.17) is 4.74 Å². The molecule has 0 aromatic carbocycles. The Labute approximate surface area is 142 Å². The molecule has 5 atom stereocenters. The Kier molecular flexibility index (Phi) is 2.96. The predicted octanol–water partition coefficient (Wildman–Crippen LogP) is 2.66. The van der Waals surface area contributed by atoms with Crippen LogP contribution in [-0.4, -0.2) is 34.3 Å². The third-order valence-electron chi connectivity index (χ3n) is 7.24. The molecule has 0 aromatic heterocycles. The van der Waals surface area contributed by atoms with Crippen LogP contribution in [0.1, 0.15) is 46.5 Å². The quantitative estimate of drug-likeness (QED) is 0.726. The summed E-state index contributed by atoms with van der Waals surface area (Å²) in [7, 11) is 0. The molecule has 4 heteroatoms. The molecule has 4 rings (SSSR count). The third-order valence-corrected chi connectivity index (χ3v) is 7.24. The number of hydrogen-bond donors (Lipinski definition) is 2. The zero-order valence-electron chi connectivity index (χ0n) is 14.7. The van der Waals surface area contributed by atoms with E-state index in [1.807, 2.05) is 26.0 Å². The van der Waals surface area contributed by atoms with Crippen molar-refractivity contribution in [2.75, 3.05) is 6.61 Å². The summed E-state index contributed by atoms with van der Waals surface area (Å²) >= 11 is 0. The summed E-state index contributed by atoms with van der Waals surface area (Å²) in [5, 5.41) is 22.6. The lowest BCUT2D eigenvalue weighted by molar-refractivity contribution is -0.142. The number of carbonyl (C=O) groups excluding carboxylic acids is 1. The molecule has 0 aromatic rings. The molecular weight excluding hydrogens is 304 g/mol. The molecule has 1 aliphatic heterocycles. The van der Waals surface area contributed by atoms with Gasteiger partial charge in [0.25, 0.3) is 0 Å². The maximum absolute atomic E-state index is 13.1. The molecule has 5 unspecified atom stereocenters. The van der Waals surface area contributed by atoms with Crippen LogP contribution < -0.4 is 0 Å².